The van der Waals surface area contributed by atoms with Crippen LogP contribution < -0.4 is 5.32 Å². The molecule has 0 unspecified atom stereocenters. The zero-order valence-corrected chi connectivity index (χ0v) is 16.8. The van der Waals surface area contributed by atoms with Crippen LogP contribution in [0, 0.1) is 17.6 Å². The van der Waals surface area contributed by atoms with E-state index in [1.165, 1.54) is 4.31 Å². The van der Waals surface area contributed by atoms with E-state index in [0.29, 0.717) is 25.5 Å². The summed E-state index contributed by atoms with van der Waals surface area (Å²) < 4.78 is 54.5. The smallest absolute Gasteiger partial charge is 0.243 e. The Hall–Kier alpha value is -2.84. The Morgan fingerprint density at radius 3 is 2.53 bits per heavy atom. The summed E-state index contributed by atoms with van der Waals surface area (Å²) in [6.07, 6.45) is 0.995. The molecule has 0 aromatic heterocycles. The number of carbonyl (C=O) groups excluding carboxylic acids is 1. The normalized spacial score (nSPS) is 17.7. The SMILES string of the molecule is O=C(Nc1ccc(F)cc1F)[C@@H]1CCCN(S(=O)(=O)c2ccc3ccccc3c2)C1. The van der Waals surface area contributed by atoms with Gasteiger partial charge in [-0.25, -0.2) is 17.2 Å². The number of nitrogens with one attached hydrogen (secondary N) is 1. The number of benzene rings is 3. The molecule has 1 saturated heterocycles. The lowest BCUT2D eigenvalue weighted by Crippen LogP contribution is -2.43. The van der Waals surface area contributed by atoms with Gasteiger partial charge in [0.15, 0.2) is 0 Å². The predicted octanol–water partition coefficient (Wildman–Crippen LogP) is 4.16. The van der Waals surface area contributed by atoms with Crippen LogP contribution in [0.5, 0.6) is 0 Å². The average Bonchev–Trinajstić information content (AvgIpc) is 2.75. The number of sulfonamides is 1. The highest BCUT2D eigenvalue weighted by Crippen LogP contribution is 2.27. The summed E-state index contributed by atoms with van der Waals surface area (Å²) in [5.74, 6) is -2.73. The third-order valence-corrected chi connectivity index (χ3v) is 7.16. The zero-order chi connectivity index (χ0) is 21.3. The van der Waals surface area contributed by atoms with E-state index in [2.05, 4.69) is 5.32 Å². The van der Waals surface area contributed by atoms with Gasteiger partial charge in [-0.05, 0) is 47.9 Å². The topological polar surface area (TPSA) is 66.5 Å². The Labute approximate surface area is 173 Å². The van der Waals surface area contributed by atoms with Gasteiger partial charge in [0, 0.05) is 19.2 Å². The minimum absolute atomic E-state index is 0.00378. The van der Waals surface area contributed by atoms with Crippen molar-refractivity contribution in [1.82, 2.24) is 4.31 Å². The lowest BCUT2D eigenvalue weighted by molar-refractivity contribution is -0.120. The number of halogens is 2. The number of piperidine rings is 1. The maximum Gasteiger partial charge on any atom is 0.243 e. The molecule has 1 aliphatic heterocycles. The molecule has 1 fully saturated rings. The van der Waals surface area contributed by atoms with Crippen LogP contribution in [0.2, 0.25) is 0 Å². The van der Waals surface area contributed by atoms with Gasteiger partial charge in [-0.3, -0.25) is 4.79 Å². The molecule has 3 aromatic rings. The third kappa shape index (κ3) is 4.06. The Kier molecular flexibility index (Phi) is 5.53. The van der Waals surface area contributed by atoms with E-state index in [4.69, 9.17) is 0 Å². The van der Waals surface area contributed by atoms with Crippen molar-refractivity contribution in [2.45, 2.75) is 17.7 Å². The van der Waals surface area contributed by atoms with Crippen molar-refractivity contribution in [3.63, 3.8) is 0 Å². The fourth-order valence-corrected chi connectivity index (χ4v) is 5.24. The van der Waals surface area contributed by atoms with E-state index < -0.39 is 33.5 Å². The minimum atomic E-state index is -3.78. The van der Waals surface area contributed by atoms with Gasteiger partial charge in [-0.1, -0.05) is 30.3 Å². The van der Waals surface area contributed by atoms with E-state index in [1.807, 2.05) is 24.3 Å². The summed E-state index contributed by atoms with van der Waals surface area (Å²) in [7, 11) is -3.78. The van der Waals surface area contributed by atoms with Crippen molar-refractivity contribution >= 4 is 32.4 Å². The molecule has 1 N–H and O–H groups in total. The fourth-order valence-electron chi connectivity index (χ4n) is 3.68. The summed E-state index contributed by atoms with van der Waals surface area (Å²) in [4.78, 5) is 12.8. The molecule has 1 aliphatic rings. The first kappa shape index (κ1) is 20.4. The molecule has 0 radical (unpaired) electrons. The monoisotopic (exact) mass is 430 g/mol. The van der Waals surface area contributed by atoms with Crippen LogP contribution in [0.3, 0.4) is 0 Å². The Morgan fingerprint density at radius 1 is 1.00 bits per heavy atom. The van der Waals surface area contributed by atoms with Crippen LogP contribution in [0.1, 0.15) is 12.8 Å². The van der Waals surface area contributed by atoms with Gasteiger partial charge < -0.3 is 5.32 Å². The second kappa shape index (κ2) is 8.12. The maximum atomic E-state index is 13.8. The van der Waals surface area contributed by atoms with E-state index in [0.717, 1.165) is 22.9 Å². The van der Waals surface area contributed by atoms with Crippen molar-refractivity contribution in [3.8, 4) is 0 Å². The van der Waals surface area contributed by atoms with Gasteiger partial charge >= 0.3 is 0 Å². The Balaban J connectivity index is 1.52. The average molecular weight is 430 g/mol. The molecule has 1 amide bonds. The van der Waals surface area contributed by atoms with Gasteiger partial charge in [-0.15, -0.1) is 0 Å². The number of anilines is 1. The molecule has 0 spiro atoms. The van der Waals surface area contributed by atoms with Crippen LogP contribution in [-0.2, 0) is 14.8 Å². The lowest BCUT2D eigenvalue weighted by atomic mass is 9.98. The molecule has 156 valence electrons. The van der Waals surface area contributed by atoms with Crippen molar-refractivity contribution in [1.29, 1.82) is 0 Å². The summed E-state index contributed by atoms with van der Waals surface area (Å²) in [5, 5.41) is 4.20. The number of hydrogen-bond donors (Lipinski definition) is 1. The maximum absolute atomic E-state index is 13.8. The standard InChI is InChI=1S/C22H20F2N2O3S/c23-18-8-10-21(20(24)13-18)25-22(27)17-6-3-11-26(14-17)30(28,29)19-9-7-15-4-1-2-5-16(15)12-19/h1-2,4-5,7-10,12-13,17H,3,6,11,14H2,(H,25,27)/t17-/m1/s1. The van der Waals surface area contributed by atoms with Crippen LogP contribution >= 0.6 is 0 Å². The van der Waals surface area contributed by atoms with Crippen molar-refractivity contribution in [2.24, 2.45) is 5.92 Å². The lowest BCUT2D eigenvalue weighted by Gasteiger charge is -2.31. The number of fused-ring (bicyclic) bond motifs is 1. The highest BCUT2D eigenvalue weighted by Gasteiger charge is 2.33. The first-order valence-corrected chi connectivity index (χ1v) is 11.0. The first-order valence-electron chi connectivity index (χ1n) is 9.59. The summed E-state index contributed by atoms with van der Waals surface area (Å²) in [6, 6.07) is 15.3. The van der Waals surface area contributed by atoms with E-state index in [-0.39, 0.29) is 17.1 Å². The number of carbonyl (C=O) groups is 1. The van der Waals surface area contributed by atoms with Crippen LogP contribution in [-0.4, -0.2) is 31.7 Å². The van der Waals surface area contributed by atoms with Gasteiger partial charge in [0.05, 0.1) is 16.5 Å². The van der Waals surface area contributed by atoms with Crippen LogP contribution in [0.15, 0.2) is 65.6 Å². The molecule has 1 atom stereocenters. The van der Waals surface area contributed by atoms with E-state index in [1.54, 1.807) is 18.2 Å². The van der Waals surface area contributed by atoms with Gasteiger partial charge in [0.25, 0.3) is 0 Å². The summed E-state index contributed by atoms with van der Waals surface area (Å²) in [5.41, 5.74) is -0.129. The molecule has 5 nitrogen and oxygen atoms in total. The third-order valence-electron chi connectivity index (χ3n) is 5.30. The summed E-state index contributed by atoms with van der Waals surface area (Å²) >= 11 is 0. The molecule has 4 rings (SSSR count). The Bertz CT molecular complexity index is 1210. The van der Waals surface area contributed by atoms with E-state index >= 15 is 0 Å². The fraction of sp³-hybridized carbons (Fsp3) is 0.227. The highest BCUT2D eigenvalue weighted by molar-refractivity contribution is 7.89. The number of rotatable bonds is 4. The van der Waals surface area contributed by atoms with Crippen molar-refractivity contribution in [2.75, 3.05) is 18.4 Å². The molecule has 0 bridgehead atoms. The Morgan fingerprint density at radius 2 is 1.77 bits per heavy atom. The number of amides is 1. The molecular formula is C22H20F2N2O3S. The van der Waals surface area contributed by atoms with Gasteiger partial charge in [0.1, 0.15) is 11.6 Å². The largest absolute Gasteiger partial charge is 0.323 e. The van der Waals surface area contributed by atoms with Crippen molar-refractivity contribution < 1.29 is 22.0 Å². The second-order valence-electron chi connectivity index (χ2n) is 7.32. The number of nitrogens with zero attached hydrogens (tertiary/aromatic N) is 1. The molecule has 0 aliphatic carbocycles. The zero-order valence-electron chi connectivity index (χ0n) is 16.0. The molecule has 8 heteroatoms. The van der Waals surface area contributed by atoms with E-state index in [9.17, 15) is 22.0 Å². The highest BCUT2D eigenvalue weighted by atomic mass is 32.2. The van der Waals surface area contributed by atoms with Crippen LogP contribution in [0.4, 0.5) is 14.5 Å². The molecule has 3 aromatic carbocycles. The van der Waals surface area contributed by atoms with Crippen LogP contribution in [0.25, 0.3) is 10.8 Å². The molecule has 0 saturated carbocycles. The minimum Gasteiger partial charge on any atom is -0.323 e. The predicted molar refractivity (Wildman–Crippen MR) is 110 cm³/mol. The first-order chi connectivity index (χ1) is 14.3. The molecule has 30 heavy (non-hydrogen) atoms. The quantitative estimate of drug-likeness (QED) is 0.676. The van der Waals surface area contributed by atoms with Gasteiger partial charge in [0.2, 0.25) is 15.9 Å². The molecule has 1 heterocycles. The van der Waals surface area contributed by atoms with Crippen molar-refractivity contribution in [3.05, 3.63) is 72.3 Å². The number of hydrogen-bond acceptors (Lipinski definition) is 3. The second-order valence-corrected chi connectivity index (χ2v) is 9.26. The molecular weight excluding hydrogens is 410 g/mol. The summed E-state index contributed by atoms with van der Waals surface area (Å²) in [6.45, 7) is 0.313. The van der Waals surface area contributed by atoms with Gasteiger partial charge in [-0.2, -0.15) is 4.31 Å².